The average Bonchev–Trinajstić information content (AvgIpc) is 2.56. The number of rotatable bonds is 9. The predicted molar refractivity (Wildman–Crippen MR) is 87.1 cm³/mol. The van der Waals surface area contributed by atoms with Crippen molar-refractivity contribution < 1.29 is 19.0 Å². The van der Waals surface area contributed by atoms with Crippen LogP contribution < -0.4 is 14.8 Å². The zero-order valence-corrected chi connectivity index (χ0v) is 13.2. The normalized spacial score (nSPS) is 10.6. The minimum atomic E-state index is -0.228. The highest BCUT2D eigenvalue weighted by atomic mass is 19.1. The van der Waals surface area contributed by atoms with Crippen molar-refractivity contribution >= 4 is 0 Å². The van der Waals surface area contributed by atoms with Crippen LogP contribution in [0.5, 0.6) is 11.5 Å². The lowest BCUT2D eigenvalue weighted by atomic mass is 10.2. The van der Waals surface area contributed by atoms with E-state index in [9.17, 15) is 4.39 Å². The first-order valence-electron chi connectivity index (χ1n) is 7.67. The summed E-state index contributed by atoms with van der Waals surface area (Å²) in [6.07, 6.45) is 0. The van der Waals surface area contributed by atoms with Crippen LogP contribution in [0.15, 0.2) is 42.5 Å². The summed E-state index contributed by atoms with van der Waals surface area (Å²) < 4.78 is 23.9. The first kappa shape index (κ1) is 17.2. The van der Waals surface area contributed by atoms with E-state index in [0.717, 1.165) is 11.1 Å². The van der Waals surface area contributed by atoms with Crippen molar-refractivity contribution in [3.8, 4) is 11.5 Å². The van der Waals surface area contributed by atoms with Gasteiger partial charge in [-0.05, 0) is 42.3 Å². The van der Waals surface area contributed by atoms with Gasteiger partial charge in [-0.2, -0.15) is 0 Å². The molecule has 0 amide bonds. The van der Waals surface area contributed by atoms with Crippen molar-refractivity contribution in [2.45, 2.75) is 20.0 Å². The molecule has 0 unspecified atom stereocenters. The van der Waals surface area contributed by atoms with E-state index in [0.29, 0.717) is 31.2 Å². The first-order valence-corrected chi connectivity index (χ1v) is 7.67. The van der Waals surface area contributed by atoms with Gasteiger partial charge in [0.15, 0.2) is 11.5 Å². The van der Waals surface area contributed by atoms with Crippen LogP contribution in [0, 0.1) is 5.82 Å². The van der Waals surface area contributed by atoms with Crippen LogP contribution in [-0.2, 0) is 13.1 Å². The van der Waals surface area contributed by atoms with Crippen LogP contribution >= 0.6 is 0 Å². The molecule has 0 atom stereocenters. The number of hydrogen-bond donors (Lipinski definition) is 2. The topological polar surface area (TPSA) is 50.7 Å². The van der Waals surface area contributed by atoms with Crippen LogP contribution in [0.25, 0.3) is 0 Å². The number of nitrogens with one attached hydrogen (secondary N) is 1. The Morgan fingerprint density at radius 2 is 1.65 bits per heavy atom. The zero-order chi connectivity index (χ0) is 16.5. The number of aliphatic hydroxyl groups is 1. The molecule has 5 heteroatoms. The Morgan fingerprint density at radius 1 is 0.957 bits per heavy atom. The Morgan fingerprint density at radius 3 is 2.35 bits per heavy atom. The molecule has 0 saturated heterocycles. The van der Waals surface area contributed by atoms with Crippen molar-refractivity contribution in [2.75, 3.05) is 19.8 Å². The molecule has 0 spiro atoms. The zero-order valence-electron chi connectivity index (χ0n) is 13.2. The Labute approximate surface area is 135 Å². The molecule has 0 bridgehead atoms. The molecule has 0 fully saturated rings. The van der Waals surface area contributed by atoms with Gasteiger partial charge in [-0.15, -0.1) is 0 Å². The highest BCUT2D eigenvalue weighted by molar-refractivity contribution is 5.43. The fourth-order valence-corrected chi connectivity index (χ4v) is 2.16. The van der Waals surface area contributed by atoms with E-state index in [1.807, 2.05) is 25.1 Å². The number of ether oxygens (including phenoxy) is 2. The molecule has 0 heterocycles. The fraction of sp³-hybridized carbons (Fsp3) is 0.333. The maximum absolute atomic E-state index is 12.9. The minimum Gasteiger partial charge on any atom is -0.490 e. The molecule has 2 aromatic rings. The Bertz CT molecular complexity index is 602. The molecule has 0 aliphatic heterocycles. The maximum Gasteiger partial charge on any atom is 0.161 e. The van der Waals surface area contributed by atoms with Gasteiger partial charge in [-0.3, -0.25) is 0 Å². The summed E-state index contributed by atoms with van der Waals surface area (Å²) in [5.74, 6) is 1.07. The molecule has 0 aliphatic rings. The summed E-state index contributed by atoms with van der Waals surface area (Å²) in [5.41, 5.74) is 2.09. The number of halogens is 1. The molecule has 2 N–H and O–H groups in total. The molecule has 124 valence electrons. The average molecular weight is 319 g/mol. The lowest BCUT2D eigenvalue weighted by Gasteiger charge is -2.13. The van der Waals surface area contributed by atoms with Crippen LogP contribution in [0.3, 0.4) is 0 Å². The van der Waals surface area contributed by atoms with Crippen LogP contribution in [-0.4, -0.2) is 24.9 Å². The van der Waals surface area contributed by atoms with E-state index in [4.69, 9.17) is 14.6 Å². The lowest BCUT2D eigenvalue weighted by Crippen LogP contribution is -2.13. The van der Waals surface area contributed by atoms with Gasteiger partial charge in [-0.1, -0.05) is 18.2 Å². The van der Waals surface area contributed by atoms with E-state index in [2.05, 4.69) is 5.32 Å². The predicted octanol–water partition coefficient (Wildman–Crippen LogP) is 2.89. The third kappa shape index (κ3) is 5.54. The highest BCUT2D eigenvalue weighted by Gasteiger charge is 2.06. The van der Waals surface area contributed by atoms with Crippen LogP contribution in [0.4, 0.5) is 4.39 Å². The summed E-state index contributed by atoms with van der Waals surface area (Å²) in [6.45, 7) is 3.98. The van der Waals surface area contributed by atoms with E-state index in [-0.39, 0.29) is 19.0 Å². The molecule has 2 aromatic carbocycles. The van der Waals surface area contributed by atoms with Gasteiger partial charge in [-0.25, -0.2) is 4.39 Å². The molecular weight excluding hydrogens is 297 g/mol. The maximum atomic E-state index is 12.9. The van der Waals surface area contributed by atoms with Gasteiger partial charge in [0.1, 0.15) is 12.4 Å². The van der Waals surface area contributed by atoms with Gasteiger partial charge in [0.05, 0.1) is 13.2 Å². The van der Waals surface area contributed by atoms with Crippen molar-refractivity contribution in [2.24, 2.45) is 0 Å². The summed E-state index contributed by atoms with van der Waals surface area (Å²) in [4.78, 5) is 0. The minimum absolute atomic E-state index is 0.0352. The molecule has 0 radical (unpaired) electrons. The van der Waals surface area contributed by atoms with Crippen molar-refractivity contribution in [1.29, 1.82) is 0 Å². The van der Waals surface area contributed by atoms with Gasteiger partial charge in [0.2, 0.25) is 0 Å². The van der Waals surface area contributed by atoms with E-state index in [1.165, 1.54) is 12.1 Å². The summed E-state index contributed by atoms with van der Waals surface area (Å²) in [5, 5.41) is 12.2. The fourth-order valence-electron chi connectivity index (χ4n) is 2.16. The van der Waals surface area contributed by atoms with Gasteiger partial charge in [0.25, 0.3) is 0 Å². The lowest BCUT2D eigenvalue weighted by molar-refractivity contribution is 0.194. The Balaban J connectivity index is 1.93. The number of hydrogen-bond acceptors (Lipinski definition) is 4. The van der Waals surface area contributed by atoms with Gasteiger partial charge < -0.3 is 19.9 Å². The second-order valence-corrected chi connectivity index (χ2v) is 5.02. The van der Waals surface area contributed by atoms with Crippen molar-refractivity contribution in [1.82, 2.24) is 5.32 Å². The molecule has 0 aliphatic carbocycles. The smallest absolute Gasteiger partial charge is 0.161 e. The standard InChI is InChI=1S/C18H22FNO3/c1-2-22-18-11-15(5-8-17(18)23-10-9-21)13-20-12-14-3-6-16(19)7-4-14/h3-8,11,20-21H,2,9-10,12-13H2,1H3. The third-order valence-electron chi connectivity index (χ3n) is 3.23. The second-order valence-electron chi connectivity index (χ2n) is 5.02. The Hall–Kier alpha value is -2.11. The largest absolute Gasteiger partial charge is 0.490 e. The first-order chi connectivity index (χ1) is 11.2. The molecule has 0 aromatic heterocycles. The third-order valence-corrected chi connectivity index (χ3v) is 3.23. The molecule has 2 rings (SSSR count). The quantitative estimate of drug-likeness (QED) is 0.746. The molecular formula is C18H22FNO3. The molecule has 4 nitrogen and oxygen atoms in total. The molecule has 0 saturated carbocycles. The van der Waals surface area contributed by atoms with Gasteiger partial charge in [0, 0.05) is 13.1 Å². The number of aliphatic hydroxyl groups excluding tert-OH is 1. The monoisotopic (exact) mass is 319 g/mol. The summed E-state index contributed by atoms with van der Waals surface area (Å²) in [6, 6.07) is 12.2. The number of benzene rings is 2. The summed E-state index contributed by atoms with van der Waals surface area (Å²) >= 11 is 0. The Kier molecular flexibility index (Phi) is 6.84. The second kappa shape index (κ2) is 9.12. The summed E-state index contributed by atoms with van der Waals surface area (Å²) in [7, 11) is 0. The van der Waals surface area contributed by atoms with Crippen molar-refractivity contribution in [3.05, 3.63) is 59.4 Å². The highest BCUT2D eigenvalue weighted by Crippen LogP contribution is 2.28. The van der Waals surface area contributed by atoms with E-state index < -0.39 is 0 Å². The van der Waals surface area contributed by atoms with Crippen LogP contribution in [0.1, 0.15) is 18.1 Å². The van der Waals surface area contributed by atoms with Crippen molar-refractivity contribution in [3.63, 3.8) is 0 Å². The van der Waals surface area contributed by atoms with E-state index >= 15 is 0 Å². The van der Waals surface area contributed by atoms with E-state index in [1.54, 1.807) is 12.1 Å². The van der Waals surface area contributed by atoms with Gasteiger partial charge >= 0.3 is 0 Å². The SMILES string of the molecule is CCOc1cc(CNCc2ccc(F)cc2)ccc1OCCO. The molecule has 23 heavy (non-hydrogen) atoms. The van der Waals surface area contributed by atoms with Crippen LogP contribution in [0.2, 0.25) is 0 Å².